The number of hydrogen-bond donors (Lipinski definition) is 1. The van der Waals surface area contributed by atoms with Gasteiger partial charge in [0.15, 0.2) is 0 Å². The van der Waals surface area contributed by atoms with Gasteiger partial charge < -0.3 is 19.0 Å². The molecule has 0 aliphatic carbocycles. The van der Waals surface area contributed by atoms with Crippen molar-refractivity contribution in [3.8, 4) is 17.0 Å². The molecule has 2 aliphatic rings. The Kier molecular flexibility index (Phi) is 8.24. The van der Waals surface area contributed by atoms with Crippen molar-refractivity contribution < 1.29 is 14.6 Å². The third-order valence-corrected chi connectivity index (χ3v) is 11.8. The molecule has 0 saturated carbocycles. The summed E-state index contributed by atoms with van der Waals surface area (Å²) in [6.07, 6.45) is 4.51. The lowest BCUT2D eigenvalue weighted by molar-refractivity contribution is 0.0685. The number of carbonyl (C=O) groups is 1. The molecule has 0 unspecified atom stereocenters. The first-order valence-electron chi connectivity index (χ1n) is 16.7. The van der Waals surface area contributed by atoms with Crippen LogP contribution in [0.3, 0.4) is 0 Å². The molecular weight excluding hydrogens is 639 g/mol. The Balaban J connectivity index is 1.27. The van der Waals surface area contributed by atoms with Gasteiger partial charge in [-0.3, -0.25) is 4.68 Å². The monoisotopic (exact) mass is 677 g/mol. The molecule has 8 nitrogen and oxygen atoms in total. The largest absolute Gasteiger partial charge is 0.493 e. The van der Waals surface area contributed by atoms with E-state index >= 15 is 0 Å². The van der Waals surface area contributed by atoms with E-state index in [1.165, 1.54) is 5.69 Å². The maximum atomic E-state index is 12.9. The summed E-state index contributed by atoms with van der Waals surface area (Å²) >= 11 is 3.63. The molecule has 8 bridgehead atoms. The minimum atomic E-state index is -0.903. The lowest BCUT2D eigenvalue weighted by atomic mass is 9.97. The highest BCUT2D eigenvalue weighted by Crippen LogP contribution is 2.41. The Morgan fingerprint density at radius 3 is 2.71 bits per heavy atom. The number of fused-ring (bicyclic) bond motifs is 10. The molecule has 5 heterocycles. The molecule has 2 aliphatic heterocycles. The van der Waals surface area contributed by atoms with Crippen LogP contribution in [0.15, 0.2) is 59.5 Å². The zero-order valence-corrected chi connectivity index (χ0v) is 29.2. The van der Waals surface area contributed by atoms with Crippen molar-refractivity contribution >= 4 is 51.2 Å². The van der Waals surface area contributed by atoms with Crippen LogP contribution < -0.4 is 4.74 Å². The van der Waals surface area contributed by atoms with Crippen molar-refractivity contribution in [1.29, 1.82) is 0 Å². The highest BCUT2D eigenvalue weighted by atomic mass is 32.2. The number of ether oxygens (including phenoxy) is 1. The summed E-state index contributed by atoms with van der Waals surface area (Å²) in [5.41, 5.74) is 8.88. The molecule has 8 rings (SSSR count). The van der Waals surface area contributed by atoms with Crippen LogP contribution in [0.25, 0.3) is 32.9 Å². The third-order valence-electron chi connectivity index (χ3n) is 9.79. The number of nitrogens with zero attached hydrogens (tertiary/aromatic N) is 5. The summed E-state index contributed by atoms with van der Waals surface area (Å²) in [4.78, 5) is 19.2. The summed E-state index contributed by atoms with van der Waals surface area (Å²) in [5, 5.41) is 18.6. The molecule has 0 spiro atoms. The van der Waals surface area contributed by atoms with Gasteiger partial charge in [-0.2, -0.15) is 5.10 Å². The lowest BCUT2D eigenvalue weighted by Gasteiger charge is -2.19. The van der Waals surface area contributed by atoms with Gasteiger partial charge in [0.05, 0.1) is 29.2 Å². The van der Waals surface area contributed by atoms with Crippen LogP contribution in [0.2, 0.25) is 0 Å². The molecule has 1 N–H and O–H groups in total. The fourth-order valence-electron chi connectivity index (χ4n) is 7.54. The number of carboxylic acids is 1. The fraction of sp³-hybridized carbons (Fsp3) is 0.342. The highest BCUT2D eigenvalue weighted by Gasteiger charge is 2.28. The van der Waals surface area contributed by atoms with Crippen LogP contribution in [0.1, 0.15) is 63.8 Å². The van der Waals surface area contributed by atoms with Gasteiger partial charge in [-0.1, -0.05) is 36.4 Å². The number of aryl methyl sites for hydroxylation is 5. The van der Waals surface area contributed by atoms with Gasteiger partial charge in [-0.15, -0.1) is 23.5 Å². The molecule has 0 fully saturated rings. The molecule has 246 valence electrons. The van der Waals surface area contributed by atoms with Gasteiger partial charge >= 0.3 is 5.97 Å². The van der Waals surface area contributed by atoms with E-state index < -0.39 is 5.97 Å². The predicted octanol–water partition coefficient (Wildman–Crippen LogP) is 8.32. The van der Waals surface area contributed by atoms with E-state index in [0.29, 0.717) is 25.1 Å². The van der Waals surface area contributed by atoms with Crippen LogP contribution in [0.5, 0.6) is 5.75 Å². The second-order valence-corrected chi connectivity index (χ2v) is 14.9. The summed E-state index contributed by atoms with van der Waals surface area (Å²) in [7, 11) is 3.94. The van der Waals surface area contributed by atoms with E-state index in [1.807, 2.05) is 41.2 Å². The maximum Gasteiger partial charge on any atom is 0.352 e. The zero-order chi connectivity index (χ0) is 32.9. The van der Waals surface area contributed by atoms with Gasteiger partial charge in [-0.05, 0) is 67.3 Å². The van der Waals surface area contributed by atoms with E-state index in [1.54, 1.807) is 11.8 Å². The Morgan fingerprint density at radius 2 is 1.83 bits per heavy atom. The van der Waals surface area contributed by atoms with E-state index in [4.69, 9.17) is 14.8 Å². The standard InChI is InChI=1S/C38H39N5O3S2/c1-23-13-14-30-29-11-8-16-46-32-19-27(17-24-9-4-5-10-28(24)32)48-21-26-18-25(40-42(26)3)20-47-22-31-37(43-15-7-6-12-33(43)39-31)34(23)35(30)41(2)36(29)38(44)45/h4-5,9-10,13-14,17-19H,6-8,11-12,15-16,20-22H2,1-3H3,(H,44,45). The number of hydrogen-bond acceptors (Lipinski definition) is 6. The van der Waals surface area contributed by atoms with Crippen molar-refractivity contribution in [3.05, 3.63) is 94.3 Å². The summed E-state index contributed by atoms with van der Waals surface area (Å²) in [6, 6.07) is 19.2. The molecule has 0 amide bonds. The molecule has 3 aromatic carbocycles. The number of aromatic carboxylic acids is 1. The van der Waals surface area contributed by atoms with Gasteiger partial charge in [-0.25, -0.2) is 9.78 Å². The van der Waals surface area contributed by atoms with E-state index in [9.17, 15) is 9.90 Å². The number of carboxylic acid groups (broad SMARTS) is 1. The SMILES string of the molecule is Cc1ccc2c3c(C(=O)O)n(C)c2c1-c1c(nc2n1CCCC2)CSCc1cc(n(C)n1)CSc1cc(c2ccccc2c1)OCCC3. The van der Waals surface area contributed by atoms with Crippen molar-refractivity contribution in [2.45, 2.75) is 67.7 Å². The van der Waals surface area contributed by atoms with Crippen molar-refractivity contribution in [2.75, 3.05) is 6.61 Å². The summed E-state index contributed by atoms with van der Waals surface area (Å²) < 4.78 is 12.8. The Labute approximate surface area is 288 Å². The fourth-order valence-corrected chi connectivity index (χ4v) is 9.37. The Hall–Kier alpha value is -4.15. The topological polar surface area (TPSA) is 87.1 Å². The van der Waals surface area contributed by atoms with E-state index in [2.05, 4.69) is 60.0 Å². The van der Waals surface area contributed by atoms with Crippen LogP contribution in [-0.2, 0) is 50.7 Å². The molecule has 6 aromatic rings. The smallest absolute Gasteiger partial charge is 0.352 e. The van der Waals surface area contributed by atoms with Crippen molar-refractivity contribution in [3.63, 3.8) is 0 Å². The number of imidazole rings is 1. The normalized spacial score (nSPS) is 15.6. The Bertz CT molecular complexity index is 2210. The molecular formula is C38H39N5O3S2. The average Bonchev–Trinajstić information content (AvgIpc) is 3.72. The van der Waals surface area contributed by atoms with Gasteiger partial charge in [0.1, 0.15) is 17.3 Å². The summed E-state index contributed by atoms with van der Waals surface area (Å²) in [5.74, 6) is 3.44. The highest BCUT2D eigenvalue weighted by molar-refractivity contribution is 7.98. The van der Waals surface area contributed by atoms with Crippen molar-refractivity contribution in [2.24, 2.45) is 14.1 Å². The minimum absolute atomic E-state index is 0.350. The first kappa shape index (κ1) is 31.1. The van der Waals surface area contributed by atoms with Crippen molar-refractivity contribution in [1.82, 2.24) is 23.9 Å². The third kappa shape index (κ3) is 5.48. The first-order valence-corrected chi connectivity index (χ1v) is 18.8. The quantitative estimate of drug-likeness (QED) is 0.187. The number of thioether (sulfide) groups is 2. The number of aromatic nitrogens is 5. The van der Waals surface area contributed by atoms with Gasteiger partial charge in [0.2, 0.25) is 0 Å². The predicted molar refractivity (Wildman–Crippen MR) is 194 cm³/mol. The number of rotatable bonds is 1. The first-order chi connectivity index (χ1) is 23.4. The molecule has 0 atom stereocenters. The maximum absolute atomic E-state index is 12.9. The van der Waals surface area contributed by atoms with Crippen LogP contribution in [0.4, 0.5) is 0 Å². The zero-order valence-electron chi connectivity index (χ0n) is 27.6. The second kappa shape index (κ2) is 12.7. The Morgan fingerprint density at radius 1 is 0.958 bits per heavy atom. The van der Waals surface area contributed by atoms with Crippen LogP contribution in [-0.4, -0.2) is 41.6 Å². The average molecular weight is 678 g/mol. The van der Waals surface area contributed by atoms with Gasteiger partial charge in [0.25, 0.3) is 0 Å². The van der Waals surface area contributed by atoms with Crippen LogP contribution in [0, 0.1) is 6.92 Å². The molecule has 10 heteroatoms. The van der Waals surface area contributed by atoms with E-state index in [0.717, 1.165) is 115 Å². The number of benzene rings is 3. The summed E-state index contributed by atoms with van der Waals surface area (Å²) in [6.45, 7) is 3.55. The molecule has 0 radical (unpaired) electrons. The van der Waals surface area contributed by atoms with E-state index in [-0.39, 0.29) is 0 Å². The van der Waals surface area contributed by atoms with Gasteiger partial charge in [0, 0.05) is 71.2 Å². The minimum Gasteiger partial charge on any atom is -0.493 e. The molecule has 0 saturated heterocycles. The molecule has 3 aromatic heterocycles. The lowest BCUT2D eigenvalue weighted by Crippen LogP contribution is -2.12. The second-order valence-electron chi connectivity index (χ2n) is 12.9. The van der Waals surface area contributed by atoms with Crippen LogP contribution >= 0.6 is 23.5 Å². The molecule has 48 heavy (non-hydrogen) atoms.